The molecule has 0 fully saturated rings. The van der Waals surface area contributed by atoms with Gasteiger partial charge in [-0.05, 0) is 37.1 Å². The van der Waals surface area contributed by atoms with Gasteiger partial charge in [0.05, 0.1) is 0 Å². The smallest absolute Gasteiger partial charge is 0.264 e. The first kappa shape index (κ1) is 12.6. The summed E-state index contributed by atoms with van der Waals surface area (Å²) in [6.07, 6.45) is 0. The Bertz CT molecular complexity index is 512. The number of hydrogen-bond acceptors (Lipinski definition) is 4. The van der Waals surface area contributed by atoms with E-state index in [0.717, 1.165) is 5.75 Å². The molecule has 0 radical (unpaired) electrons. The third kappa shape index (κ3) is 3.09. The van der Waals surface area contributed by atoms with E-state index in [9.17, 15) is 0 Å². The number of hydrogen-bond donors (Lipinski definition) is 0. The van der Waals surface area contributed by atoms with Gasteiger partial charge in [-0.2, -0.15) is 4.98 Å². The van der Waals surface area contributed by atoms with Crippen LogP contribution in [-0.2, 0) is 6.61 Å². The van der Waals surface area contributed by atoms with E-state index in [1.54, 1.807) is 0 Å². The van der Waals surface area contributed by atoms with Crippen LogP contribution in [-0.4, -0.2) is 10.1 Å². The van der Waals surface area contributed by atoms with Gasteiger partial charge in [-0.1, -0.05) is 25.1 Å². The first-order valence-electron chi connectivity index (χ1n) is 6.08. The lowest BCUT2D eigenvalue weighted by atomic mass is 10.1. The molecule has 0 unspecified atom stereocenters. The Balaban J connectivity index is 2.02. The fourth-order valence-electron chi connectivity index (χ4n) is 1.72. The van der Waals surface area contributed by atoms with Crippen LogP contribution in [0.4, 0.5) is 0 Å². The summed E-state index contributed by atoms with van der Waals surface area (Å²) >= 11 is 0. The average Bonchev–Trinajstić information content (AvgIpc) is 2.73. The molecule has 0 N–H and O–H groups in total. The van der Waals surface area contributed by atoms with Crippen LogP contribution in [0.25, 0.3) is 0 Å². The zero-order valence-corrected chi connectivity index (χ0v) is 11.2. The summed E-state index contributed by atoms with van der Waals surface area (Å²) in [6, 6.07) is 6.09. The molecule has 0 aliphatic rings. The van der Waals surface area contributed by atoms with E-state index >= 15 is 0 Å². The Kier molecular flexibility index (Phi) is 3.65. The van der Waals surface area contributed by atoms with Crippen LogP contribution in [0.3, 0.4) is 0 Å². The van der Waals surface area contributed by atoms with Crippen molar-refractivity contribution in [3.63, 3.8) is 0 Å². The van der Waals surface area contributed by atoms with E-state index < -0.39 is 0 Å². The molecular formula is C14H18N2O2. The topological polar surface area (TPSA) is 48.2 Å². The average molecular weight is 246 g/mol. The largest absolute Gasteiger partial charge is 0.484 e. The molecule has 0 spiro atoms. The van der Waals surface area contributed by atoms with E-state index in [1.807, 2.05) is 39.8 Å². The van der Waals surface area contributed by atoms with Gasteiger partial charge >= 0.3 is 0 Å². The highest BCUT2D eigenvalue weighted by Gasteiger charge is 2.10. The van der Waals surface area contributed by atoms with Crippen molar-refractivity contribution in [2.24, 2.45) is 0 Å². The molecule has 2 aromatic rings. The quantitative estimate of drug-likeness (QED) is 0.829. The van der Waals surface area contributed by atoms with Gasteiger partial charge in [-0.15, -0.1) is 0 Å². The third-order valence-electron chi connectivity index (χ3n) is 2.56. The highest BCUT2D eigenvalue weighted by molar-refractivity contribution is 5.32. The van der Waals surface area contributed by atoms with Gasteiger partial charge in [0.2, 0.25) is 0 Å². The SMILES string of the molecule is Cc1cc(C)cc(OCc2nc(C(C)C)no2)c1. The van der Waals surface area contributed by atoms with Crippen molar-refractivity contribution in [1.82, 2.24) is 10.1 Å². The summed E-state index contributed by atoms with van der Waals surface area (Å²) in [5, 5.41) is 3.90. The second-order valence-corrected chi connectivity index (χ2v) is 4.81. The molecule has 4 nitrogen and oxygen atoms in total. The fourth-order valence-corrected chi connectivity index (χ4v) is 1.72. The van der Waals surface area contributed by atoms with E-state index in [4.69, 9.17) is 9.26 Å². The molecule has 2 rings (SSSR count). The molecule has 0 saturated heterocycles. The van der Waals surface area contributed by atoms with E-state index in [-0.39, 0.29) is 5.92 Å². The maximum absolute atomic E-state index is 5.65. The first-order valence-corrected chi connectivity index (χ1v) is 6.08. The van der Waals surface area contributed by atoms with Crippen molar-refractivity contribution >= 4 is 0 Å². The second-order valence-electron chi connectivity index (χ2n) is 4.81. The number of ether oxygens (including phenoxy) is 1. The maximum Gasteiger partial charge on any atom is 0.264 e. The lowest BCUT2D eigenvalue weighted by Crippen LogP contribution is -1.97. The van der Waals surface area contributed by atoms with Gasteiger partial charge in [0, 0.05) is 5.92 Å². The van der Waals surface area contributed by atoms with Crippen molar-refractivity contribution in [3.05, 3.63) is 41.0 Å². The summed E-state index contributed by atoms with van der Waals surface area (Å²) in [4.78, 5) is 4.27. The van der Waals surface area contributed by atoms with Crippen LogP contribution in [0.5, 0.6) is 5.75 Å². The third-order valence-corrected chi connectivity index (χ3v) is 2.56. The van der Waals surface area contributed by atoms with Gasteiger partial charge in [0.25, 0.3) is 5.89 Å². The van der Waals surface area contributed by atoms with Crippen molar-refractivity contribution in [2.75, 3.05) is 0 Å². The molecular weight excluding hydrogens is 228 g/mol. The Hall–Kier alpha value is -1.84. The first-order chi connectivity index (χ1) is 8.54. The van der Waals surface area contributed by atoms with E-state index in [1.165, 1.54) is 11.1 Å². The van der Waals surface area contributed by atoms with Crippen LogP contribution >= 0.6 is 0 Å². The molecule has 0 bridgehead atoms. The molecule has 1 heterocycles. The molecule has 0 atom stereocenters. The second kappa shape index (κ2) is 5.21. The van der Waals surface area contributed by atoms with Crippen LogP contribution < -0.4 is 4.74 Å². The van der Waals surface area contributed by atoms with Gasteiger partial charge in [-0.3, -0.25) is 0 Å². The predicted molar refractivity (Wildman–Crippen MR) is 68.6 cm³/mol. The minimum atomic E-state index is 0.267. The van der Waals surface area contributed by atoms with E-state index in [0.29, 0.717) is 18.3 Å². The molecule has 1 aromatic heterocycles. The van der Waals surface area contributed by atoms with Crippen LogP contribution in [0.1, 0.15) is 42.6 Å². The number of rotatable bonds is 4. The minimum absolute atomic E-state index is 0.267. The normalized spacial score (nSPS) is 10.9. The number of aromatic nitrogens is 2. The summed E-state index contributed by atoms with van der Waals surface area (Å²) in [7, 11) is 0. The standard InChI is InChI=1S/C14H18N2O2/c1-9(2)14-15-13(18-16-14)8-17-12-6-10(3)5-11(4)7-12/h5-7,9H,8H2,1-4H3. The molecule has 0 saturated carbocycles. The Morgan fingerprint density at radius 3 is 2.39 bits per heavy atom. The van der Waals surface area contributed by atoms with Gasteiger partial charge < -0.3 is 9.26 Å². The van der Waals surface area contributed by atoms with Crippen LogP contribution in [0.15, 0.2) is 22.7 Å². The van der Waals surface area contributed by atoms with Crippen molar-refractivity contribution in [1.29, 1.82) is 0 Å². The molecule has 4 heteroatoms. The van der Waals surface area contributed by atoms with E-state index in [2.05, 4.69) is 16.2 Å². The van der Waals surface area contributed by atoms with Gasteiger partial charge in [-0.25, -0.2) is 0 Å². The summed E-state index contributed by atoms with van der Waals surface area (Å²) in [6.45, 7) is 8.45. The lowest BCUT2D eigenvalue weighted by Gasteiger charge is -2.05. The predicted octanol–water partition coefficient (Wildman–Crippen LogP) is 3.39. The highest BCUT2D eigenvalue weighted by Crippen LogP contribution is 2.18. The minimum Gasteiger partial charge on any atom is -0.484 e. The monoisotopic (exact) mass is 246 g/mol. The molecule has 1 aromatic carbocycles. The number of nitrogens with zero attached hydrogens (tertiary/aromatic N) is 2. The fraction of sp³-hybridized carbons (Fsp3) is 0.429. The molecule has 18 heavy (non-hydrogen) atoms. The van der Waals surface area contributed by atoms with Crippen molar-refractivity contribution in [2.45, 2.75) is 40.2 Å². The van der Waals surface area contributed by atoms with Crippen molar-refractivity contribution in [3.8, 4) is 5.75 Å². The molecule has 96 valence electrons. The maximum atomic E-state index is 5.65. The summed E-state index contributed by atoms with van der Waals surface area (Å²) in [5.41, 5.74) is 2.36. The van der Waals surface area contributed by atoms with Gasteiger partial charge in [0.15, 0.2) is 12.4 Å². The lowest BCUT2D eigenvalue weighted by molar-refractivity contribution is 0.242. The van der Waals surface area contributed by atoms with Crippen molar-refractivity contribution < 1.29 is 9.26 Å². The molecule has 0 aliphatic carbocycles. The zero-order valence-electron chi connectivity index (χ0n) is 11.2. The van der Waals surface area contributed by atoms with Crippen LogP contribution in [0.2, 0.25) is 0 Å². The number of aryl methyl sites for hydroxylation is 2. The Morgan fingerprint density at radius 1 is 1.17 bits per heavy atom. The molecule has 0 amide bonds. The van der Waals surface area contributed by atoms with Gasteiger partial charge in [0.1, 0.15) is 5.75 Å². The summed E-state index contributed by atoms with van der Waals surface area (Å²) in [5.74, 6) is 2.33. The zero-order chi connectivity index (χ0) is 13.1. The highest BCUT2D eigenvalue weighted by atomic mass is 16.5. The number of benzene rings is 1. The Morgan fingerprint density at radius 2 is 1.83 bits per heavy atom. The summed E-state index contributed by atoms with van der Waals surface area (Å²) < 4.78 is 10.8. The Labute approximate surface area is 107 Å². The molecule has 0 aliphatic heterocycles. The van der Waals surface area contributed by atoms with Crippen LogP contribution in [0, 0.1) is 13.8 Å².